The first-order chi connectivity index (χ1) is 14.0. The van der Waals surface area contributed by atoms with E-state index in [1.165, 1.54) is 0 Å². The lowest BCUT2D eigenvalue weighted by Crippen LogP contribution is -2.32. The van der Waals surface area contributed by atoms with Crippen molar-refractivity contribution in [3.63, 3.8) is 0 Å². The largest absolute Gasteiger partial charge is 0.356 e. The van der Waals surface area contributed by atoms with Gasteiger partial charge in [-0.25, -0.2) is 9.97 Å². The molecular weight excluding hydrogens is 362 g/mol. The molecule has 154 valence electrons. The van der Waals surface area contributed by atoms with Gasteiger partial charge in [0.25, 0.3) is 0 Å². The van der Waals surface area contributed by atoms with Crippen LogP contribution < -0.4 is 10.2 Å². The van der Waals surface area contributed by atoms with Gasteiger partial charge >= 0.3 is 0 Å². The van der Waals surface area contributed by atoms with Crippen molar-refractivity contribution >= 4 is 11.9 Å². The van der Waals surface area contributed by atoms with Crippen LogP contribution in [-0.2, 0) is 4.79 Å². The molecule has 6 nitrogen and oxygen atoms in total. The lowest BCUT2D eigenvalue weighted by Gasteiger charge is -2.30. The third-order valence-corrected chi connectivity index (χ3v) is 6.44. The Morgan fingerprint density at radius 2 is 1.86 bits per heavy atom. The second-order valence-corrected chi connectivity index (χ2v) is 8.88. The summed E-state index contributed by atoms with van der Waals surface area (Å²) in [5, 5.41) is 3.18. The number of rotatable bonds is 6. The molecule has 0 bridgehead atoms. The van der Waals surface area contributed by atoms with E-state index in [0.29, 0.717) is 17.8 Å². The SMILES string of the molecule is C[C@H]1C[C@H]1C(=O)NCC1CCC(c2nc(N(C)C)ncc2-c2ccncc2)CC1. The fraction of sp³-hybridized carbons (Fsp3) is 0.565. The molecule has 1 N–H and O–H groups in total. The average Bonchev–Trinajstić information content (AvgIpc) is 3.49. The predicted molar refractivity (Wildman–Crippen MR) is 115 cm³/mol. The van der Waals surface area contributed by atoms with Crippen LogP contribution in [0.2, 0.25) is 0 Å². The molecule has 2 atom stereocenters. The Kier molecular flexibility index (Phi) is 5.79. The van der Waals surface area contributed by atoms with Crippen LogP contribution in [0, 0.1) is 17.8 Å². The summed E-state index contributed by atoms with van der Waals surface area (Å²) in [4.78, 5) is 27.7. The summed E-state index contributed by atoms with van der Waals surface area (Å²) >= 11 is 0. The normalized spacial score (nSPS) is 26.0. The Labute approximate surface area is 173 Å². The van der Waals surface area contributed by atoms with Gasteiger partial charge in [0.15, 0.2) is 0 Å². The van der Waals surface area contributed by atoms with Gasteiger partial charge in [0.1, 0.15) is 0 Å². The second-order valence-electron chi connectivity index (χ2n) is 8.88. The molecule has 0 aliphatic heterocycles. The van der Waals surface area contributed by atoms with Crippen molar-refractivity contribution < 1.29 is 4.79 Å². The van der Waals surface area contributed by atoms with Crippen molar-refractivity contribution in [3.05, 3.63) is 36.4 Å². The molecule has 29 heavy (non-hydrogen) atoms. The van der Waals surface area contributed by atoms with Crippen LogP contribution in [-0.4, -0.2) is 41.5 Å². The molecule has 2 fully saturated rings. The number of aromatic nitrogens is 3. The molecule has 2 aliphatic carbocycles. The number of nitrogens with one attached hydrogen (secondary N) is 1. The zero-order valence-corrected chi connectivity index (χ0v) is 17.6. The van der Waals surface area contributed by atoms with E-state index in [1.54, 1.807) is 0 Å². The third kappa shape index (κ3) is 4.57. The molecule has 6 heteroatoms. The zero-order valence-electron chi connectivity index (χ0n) is 17.6. The molecule has 2 saturated carbocycles. The van der Waals surface area contributed by atoms with Gasteiger partial charge in [-0.2, -0.15) is 0 Å². The number of anilines is 1. The van der Waals surface area contributed by atoms with Gasteiger partial charge in [-0.05, 0) is 61.6 Å². The second kappa shape index (κ2) is 8.47. The summed E-state index contributed by atoms with van der Waals surface area (Å²) in [5.74, 6) is 2.84. The van der Waals surface area contributed by atoms with Crippen LogP contribution in [0.1, 0.15) is 50.6 Å². The minimum Gasteiger partial charge on any atom is -0.356 e. The molecule has 0 unspecified atom stereocenters. The van der Waals surface area contributed by atoms with Gasteiger partial charge in [-0.1, -0.05) is 6.92 Å². The number of pyridine rings is 1. The maximum absolute atomic E-state index is 12.1. The number of hydrogen-bond acceptors (Lipinski definition) is 5. The van der Waals surface area contributed by atoms with E-state index in [4.69, 9.17) is 4.98 Å². The summed E-state index contributed by atoms with van der Waals surface area (Å²) in [6, 6.07) is 4.05. The van der Waals surface area contributed by atoms with Crippen molar-refractivity contribution in [1.82, 2.24) is 20.3 Å². The fourth-order valence-corrected chi connectivity index (χ4v) is 4.37. The third-order valence-electron chi connectivity index (χ3n) is 6.44. The standard InChI is InChI=1S/C23H31N5O/c1-15-12-19(15)22(29)25-13-16-4-6-18(7-5-16)21-20(17-8-10-24-11-9-17)14-26-23(27-21)28(2)3/h8-11,14-16,18-19H,4-7,12-13H2,1-3H3,(H,25,29)/t15-,16?,18?,19+/m0/s1. The quantitative estimate of drug-likeness (QED) is 0.811. The fourth-order valence-electron chi connectivity index (χ4n) is 4.37. The summed E-state index contributed by atoms with van der Waals surface area (Å²) < 4.78 is 0. The van der Waals surface area contributed by atoms with Gasteiger partial charge in [-0.3, -0.25) is 9.78 Å². The first-order valence-corrected chi connectivity index (χ1v) is 10.7. The van der Waals surface area contributed by atoms with E-state index < -0.39 is 0 Å². The van der Waals surface area contributed by atoms with Crippen LogP contribution in [0.4, 0.5) is 5.95 Å². The molecule has 2 heterocycles. The van der Waals surface area contributed by atoms with Gasteiger partial charge in [0.2, 0.25) is 11.9 Å². The Morgan fingerprint density at radius 3 is 2.48 bits per heavy atom. The van der Waals surface area contributed by atoms with Gasteiger partial charge < -0.3 is 10.2 Å². The Hall–Kier alpha value is -2.50. The first kappa shape index (κ1) is 19.8. The Balaban J connectivity index is 1.44. The topological polar surface area (TPSA) is 71.0 Å². The van der Waals surface area contributed by atoms with E-state index in [9.17, 15) is 4.79 Å². The zero-order chi connectivity index (χ0) is 20.4. The van der Waals surface area contributed by atoms with Crippen molar-refractivity contribution in [1.29, 1.82) is 0 Å². The van der Waals surface area contributed by atoms with Gasteiger partial charge in [0, 0.05) is 56.6 Å². The van der Waals surface area contributed by atoms with E-state index in [0.717, 1.165) is 61.4 Å². The molecule has 1 amide bonds. The highest BCUT2D eigenvalue weighted by Crippen LogP contribution is 2.40. The number of carbonyl (C=O) groups excluding carboxylic acids is 1. The molecule has 2 aromatic heterocycles. The molecule has 0 saturated heterocycles. The Bertz CT molecular complexity index is 846. The predicted octanol–water partition coefficient (Wildman–Crippen LogP) is 3.65. The summed E-state index contributed by atoms with van der Waals surface area (Å²) in [5.41, 5.74) is 3.37. The van der Waals surface area contributed by atoms with E-state index in [1.807, 2.05) is 49.7 Å². The molecule has 0 spiro atoms. The van der Waals surface area contributed by atoms with E-state index >= 15 is 0 Å². The molecular formula is C23H31N5O. The molecule has 0 aromatic carbocycles. The molecule has 2 aliphatic rings. The van der Waals surface area contributed by atoms with Crippen molar-refractivity contribution in [3.8, 4) is 11.1 Å². The maximum atomic E-state index is 12.1. The summed E-state index contributed by atoms with van der Waals surface area (Å²) in [6.45, 7) is 2.97. The molecule has 0 radical (unpaired) electrons. The van der Waals surface area contributed by atoms with Crippen molar-refractivity contribution in [2.24, 2.45) is 17.8 Å². The maximum Gasteiger partial charge on any atom is 0.225 e. The van der Waals surface area contributed by atoms with Crippen LogP contribution in [0.15, 0.2) is 30.7 Å². The van der Waals surface area contributed by atoms with Crippen LogP contribution >= 0.6 is 0 Å². The highest BCUT2D eigenvalue weighted by molar-refractivity contribution is 5.81. The molecule has 4 rings (SSSR count). The van der Waals surface area contributed by atoms with E-state index in [-0.39, 0.29) is 11.8 Å². The molecule has 2 aromatic rings. The van der Waals surface area contributed by atoms with Crippen molar-refractivity contribution in [2.75, 3.05) is 25.5 Å². The minimum atomic E-state index is 0.256. The minimum absolute atomic E-state index is 0.256. The highest BCUT2D eigenvalue weighted by Gasteiger charge is 2.39. The lowest BCUT2D eigenvalue weighted by molar-refractivity contribution is -0.122. The monoisotopic (exact) mass is 393 g/mol. The number of nitrogens with zero attached hydrogens (tertiary/aromatic N) is 4. The highest BCUT2D eigenvalue weighted by atomic mass is 16.2. The Morgan fingerprint density at radius 1 is 1.17 bits per heavy atom. The lowest BCUT2D eigenvalue weighted by atomic mass is 9.79. The number of hydrogen-bond donors (Lipinski definition) is 1. The van der Waals surface area contributed by atoms with Crippen molar-refractivity contribution in [2.45, 2.75) is 44.9 Å². The van der Waals surface area contributed by atoms with Crippen LogP contribution in [0.3, 0.4) is 0 Å². The van der Waals surface area contributed by atoms with Crippen LogP contribution in [0.25, 0.3) is 11.1 Å². The van der Waals surface area contributed by atoms with Gasteiger partial charge in [0.05, 0.1) is 5.69 Å². The number of amides is 1. The first-order valence-electron chi connectivity index (χ1n) is 10.7. The van der Waals surface area contributed by atoms with Gasteiger partial charge in [-0.15, -0.1) is 0 Å². The van der Waals surface area contributed by atoms with Crippen LogP contribution in [0.5, 0.6) is 0 Å². The summed E-state index contributed by atoms with van der Waals surface area (Å²) in [7, 11) is 3.96. The van der Waals surface area contributed by atoms with E-state index in [2.05, 4.69) is 22.2 Å². The number of carbonyl (C=O) groups is 1. The smallest absolute Gasteiger partial charge is 0.225 e. The average molecular weight is 394 g/mol. The summed E-state index contributed by atoms with van der Waals surface area (Å²) in [6.07, 6.45) is 11.1.